The van der Waals surface area contributed by atoms with Gasteiger partial charge in [-0.15, -0.1) is 5.10 Å². The van der Waals surface area contributed by atoms with Crippen molar-refractivity contribution >= 4 is 45.2 Å². The van der Waals surface area contributed by atoms with Gasteiger partial charge in [0.15, 0.2) is 0 Å². The van der Waals surface area contributed by atoms with Gasteiger partial charge in [0.1, 0.15) is 11.8 Å². The number of carbonyl (C=O) groups is 1. The number of ether oxygens (including phenoxy) is 1. The number of nitrogens with one attached hydrogen (secondary N) is 2. The summed E-state index contributed by atoms with van der Waals surface area (Å²) in [5.41, 5.74) is 3.95. The van der Waals surface area contributed by atoms with E-state index in [1.54, 1.807) is 16.4 Å². The van der Waals surface area contributed by atoms with Gasteiger partial charge in [-0.25, -0.2) is 4.68 Å². The highest BCUT2D eigenvalue weighted by Crippen LogP contribution is 2.41. The number of nitrogens with zero attached hydrogens (tertiary/aromatic N) is 3. The maximum Gasteiger partial charge on any atom is 0.255 e. The third-order valence-electron chi connectivity index (χ3n) is 5.36. The molecular weight excluding hydrogens is 514 g/mol. The Kier molecular flexibility index (Phi) is 7.63. The summed E-state index contributed by atoms with van der Waals surface area (Å²) < 4.78 is 8.78. The van der Waals surface area contributed by atoms with Crippen molar-refractivity contribution in [2.24, 2.45) is 0 Å². The highest BCUT2D eigenvalue weighted by Gasteiger charge is 2.36. The van der Waals surface area contributed by atoms with Crippen molar-refractivity contribution in [1.82, 2.24) is 14.8 Å². The average Bonchev–Trinajstić information content (AvgIpc) is 3.19. The topological polar surface area (TPSA) is 81.1 Å². The summed E-state index contributed by atoms with van der Waals surface area (Å²) in [7, 11) is 0. The standard InChI is InChI=1S/C25H28BrN5O2S/c1-5-12-33-20-11-10-17(26)14-19(20)22-21(23(32)28-18-9-7-8-15(3)13-18)16(4)27-24-29-25(34-6-2)30-31(22)24/h7-11,13-14,22H,5-6,12H2,1-4H3,(H,28,32)(H,27,29,30). The lowest BCUT2D eigenvalue weighted by Gasteiger charge is -2.30. The Morgan fingerprint density at radius 2 is 2.06 bits per heavy atom. The molecule has 2 N–H and O–H groups in total. The number of aryl methyl sites for hydroxylation is 1. The van der Waals surface area contributed by atoms with E-state index < -0.39 is 6.04 Å². The molecule has 4 rings (SSSR count). The number of benzene rings is 2. The molecule has 2 aromatic carbocycles. The highest BCUT2D eigenvalue weighted by molar-refractivity contribution is 9.10. The summed E-state index contributed by atoms with van der Waals surface area (Å²) in [4.78, 5) is 18.4. The molecule has 1 unspecified atom stereocenters. The van der Waals surface area contributed by atoms with E-state index in [4.69, 9.17) is 9.84 Å². The summed E-state index contributed by atoms with van der Waals surface area (Å²) in [5.74, 6) is 1.97. The number of amides is 1. The van der Waals surface area contributed by atoms with E-state index in [0.717, 1.165) is 44.9 Å². The summed E-state index contributed by atoms with van der Waals surface area (Å²) in [6, 6.07) is 13.1. The van der Waals surface area contributed by atoms with E-state index in [-0.39, 0.29) is 5.91 Å². The number of hydrogen-bond donors (Lipinski definition) is 2. The van der Waals surface area contributed by atoms with Crippen LogP contribution in [0.4, 0.5) is 11.6 Å². The van der Waals surface area contributed by atoms with E-state index in [1.807, 2.05) is 56.3 Å². The van der Waals surface area contributed by atoms with Gasteiger partial charge in [0.25, 0.3) is 5.91 Å². The van der Waals surface area contributed by atoms with Crippen LogP contribution < -0.4 is 15.4 Å². The van der Waals surface area contributed by atoms with Crippen molar-refractivity contribution in [3.8, 4) is 5.75 Å². The number of thioether (sulfide) groups is 1. The Bertz CT molecular complexity index is 1240. The van der Waals surface area contributed by atoms with Gasteiger partial charge in [-0.3, -0.25) is 4.79 Å². The number of allylic oxidation sites excluding steroid dienone is 1. The lowest BCUT2D eigenvalue weighted by molar-refractivity contribution is -0.113. The second-order valence-corrected chi connectivity index (χ2v) is 10.2. The van der Waals surface area contributed by atoms with Gasteiger partial charge in [0, 0.05) is 21.4 Å². The van der Waals surface area contributed by atoms with Gasteiger partial charge >= 0.3 is 0 Å². The number of aromatic nitrogens is 3. The van der Waals surface area contributed by atoms with Crippen LogP contribution in [0, 0.1) is 6.92 Å². The largest absolute Gasteiger partial charge is 0.493 e. The predicted molar refractivity (Wildman–Crippen MR) is 141 cm³/mol. The van der Waals surface area contributed by atoms with Crippen molar-refractivity contribution in [2.75, 3.05) is 23.0 Å². The van der Waals surface area contributed by atoms with Gasteiger partial charge in [-0.1, -0.05) is 53.7 Å². The molecule has 3 aromatic rings. The fourth-order valence-electron chi connectivity index (χ4n) is 3.90. The minimum Gasteiger partial charge on any atom is -0.493 e. The maximum atomic E-state index is 13.7. The molecule has 0 fully saturated rings. The van der Waals surface area contributed by atoms with E-state index in [0.29, 0.717) is 23.3 Å². The summed E-state index contributed by atoms with van der Waals surface area (Å²) in [5, 5.41) is 11.8. The molecule has 1 aliphatic heterocycles. The Morgan fingerprint density at radius 3 is 2.79 bits per heavy atom. The Morgan fingerprint density at radius 1 is 1.24 bits per heavy atom. The molecule has 1 aromatic heterocycles. The molecule has 0 aliphatic carbocycles. The van der Waals surface area contributed by atoms with Crippen LogP contribution in [-0.4, -0.2) is 33.0 Å². The zero-order chi connectivity index (χ0) is 24.2. The fourth-order valence-corrected chi connectivity index (χ4v) is 4.83. The lowest BCUT2D eigenvalue weighted by Crippen LogP contribution is -2.31. The van der Waals surface area contributed by atoms with Crippen molar-refractivity contribution in [3.63, 3.8) is 0 Å². The molecule has 9 heteroatoms. The van der Waals surface area contributed by atoms with Crippen LogP contribution in [0.3, 0.4) is 0 Å². The highest BCUT2D eigenvalue weighted by atomic mass is 79.9. The van der Waals surface area contributed by atoms with Gasteiger partial charge in [-0.2, -0.15) is 4.98 Å². The summed E-state index contributed by atoms with van der Waals surface area (Å²) >= 11 is 5.16. The summed E-state index contributed by atoms with van der Waals surface area (Å²) in [6.07, 6.45) is 0.878. The van der Waals surface area contributed by atoms with Crippen LogP contribution in [0.25, 0.3) is 0 Å². The molecule has 34 heavy (non-hydrogen) atoms. The molecule has 178 valence electrons. The van der Waals surface area contributed by atoms with Gasteiger partial charge in [0.05, 0.1) is 12.2 Å². The molecule has 0 bridgehead atoms. The predicted octanol–water partition coefficient (Wildman–Crippen LogP) is 6.18. The molecule has 0 radical (unpaired) electrons. The van der Waals surface area contributed by atoms with Crippen LogP contribution in [-0.2, 0) is 4.79 Å². The third kappa shape index (κ3) is 5.15. The molecule has 1 atom stereocenters. The molecule has 2 heterocycles. The average molecular weight is 543 g/mol. The van der Waals surface area contributed by atoms with Gasteiger partial charge in [-0.05, 0) is 61.9 Å². The first-order chi connectivity index (χ1) is 16.4. The van der Waals surface area contributed by atoms with E-state index >= 15 is 0 Å². The third-order valence-corrected chi connectivity index (χ3v) is 6.57. The number of fused-ring (bicyclic) bond motifs is 1. The minimum atomic E-state index is -0.510. The molecule has 1 amide bonds. The maximum absolute atomic E-state index is 13.7. The summed E-state index contributed by atoms with van der Waals surface area (Å²) in [6.45, 7) is 8.60. The Labute approximate surface area is 212 Å². The van der Waals surface area contributed by atoms with Gasteiger partial charge in [0.2, 0.25) is 11.1 Å². The van der Waals surface area contributed by atoms with Crippen molar-refractivity contribution in [2.45, 2.75) is 45.3 Å². The SMILES string of the molecule is CCCOc1ccc(Br)cc1C1C(C(=O)Nc2cccc(C)c2)=C(C)Nc2nc(SCC)nn21. The number of carbonyl (C=O) groups excluding carboxylic acids is 1. The molecular formula is C25H28BrN5O2S. The zero-order valence-corrected chi connectivity index (χ0v) is 22.1. The van der Waals surface area contributed by atoms with Crippen molar-refractivity contribution < 1.29 is 9.53 Å². The first-order valence-electron chi connectivity index (χ1n) is 11.3. The Balaban J connectivity index is 1.84. The van der Waals surface area contributed by atoms with Crippen molar-refractivity contribution in [3.05, 3.63) is 69.3 Å². The monoisotopic (exact) mass is 541 g/mol. The van der Waals surface area contributed by atoms with Crippen molar-refractivity contribution in [1.29, 1.82) is 0 Å². The zero-order valence-electron chi connectivity index (χ0n) is 19.7. The number of halogens is 1. The van der Waals surface area contributed by atoms with Gasteiger partial charge < -0.3 is 15.4 Å². The molecule has 0 saturated carbocycles. The van der Waals surface area contributed by atoms with Crippen LogP contribution in [0.1, 0.15) is 44.4 Å². The second-order valence-electron chi connectivity index (χ2n) is 8.02. The van der Waals surface area contributed by atoms with Crippen LogP contribution in [0.15, 0.2) is 63.4 Å². The van der Waals surface area contributed by atoms with E-state index in [9.17, 15) is 4.79 Å². The number of anilines is 2. The fraction of sp³-hybridized carbons (Fsp3) is 0.320. The van der Waals surface area contributed by atoms with Crippen LogP contribution in [0.5, 0.6) is 5.75 Å². The Hall–Kier alpha value is -2.78. The number of hydrogen-bond acceptors (Lipinski definition) is 6. The molecule has 0 saturated heterocycles. The smallest absolute Gasteiger partial charge is 0.255 e. The molecule has 1 aliphatic rings. The van der Waals surface area contributed by atoms with Crippen LogP contribution in [0.2, 0.25) is 0 Å². The lowest BCUT2D eigenvalue weighted by atomic mass is 9.94. The first kappa shape index (κ1) is 24.3. The van der Waals surface area contributed by atoms with Crippen LogP contribution >= 0.6 is 27.7 Å². The quantitative estimate of drug-likeness (QED) is 0.331. The minimum absolute atomic E-state index is 0.201. The molecule has 0 spiro atoms. The van der Waals surface area contributed by atoms with E-state index in [1.165, 1.54) is 0 Å². The first-order valence-corrected chi connectivity index (χ1v) is 13.1. The van der Waals surface area contributed by atoms with E-state index in [2.05, 4.69) is 45.4 Å². The normalized spacial score (nSPS) is 15.0. The molecule has 7 nitrogen and oxygen atoms in total. The second kappa shape index (κ2) is 10.7. The number of rotatable bonds is 8.